The molecule has 0 amide bonds. The third-order valence-electron chi connectivity index (χ3n) is 2.44. The lowest BCUT2D eigenvalue weighted by molar-refractivity contribution is 0.628. The van der Waals surface area contributed by atoms with Gasteiger partial charge >= 0.3 is 0 Å². The van der Waals surface area contributed by atoms with Gasteiger partial charge in [-0.15, -0.1) is 0 Å². The van der Waals surface area contributed by atoms with E-state index in [1.54, 1.807) is 12.1 Å². The molecule has 0 atom stereocenters. The summed E-state index contributed by atoms with van der Waals surface area (Å²) in [5, 5.41) is 8.73. The van der Waals surface area contributed by atoms with Crippen molar-refractivity contribution in [3.63, 3.8) is 0 Å². The topological polar surface area (TPSA) is 23.8 Å². The summed E-state index contributed by atoms with van der Waals surface area (Å²) in [6.07, 6.45) is 0.369. The molecular weight excluding hydrogens is 201 g/mol. The molecule has 2 rings (SSSR count). The highest BCUT2D eigenvalue weighted by Crippen LogP contribution is 2.23. The molecule has 0 unspecified atom stereocenters. The summed E-state index contributed by atoms with van der Waals surface area (Å²) >= 11 is 0. The molecule has 2 heteroatoms. The first-order valence-electron chi connectivity index (χ1n) is 5.02. The molecule has 0 saturated carbocycles. The molecule has 0 spiro atoms. The number of benzene rings is 2. The van der Waals surface area contributed by atoms with Crippen molar-refractivity contribution in [3.8, 4) is 17.2 Å². The summed E-state index contributed by atoms with van der Waals surface area (Å²) < 4.78 is 12.8. The monoisotopic (exact) mass is 211 g/mol. The van der Waals surface area contributed by atoms with Crippen molar-refractivity contribution in [2.24, 2.45) is 0 Å². The smallest absolute Gasteiger partial charge is 0.123 e. The normalized spacial score (nSPS) is 9.75. The third-order valence-corrected chi connectivity index (χ3v) is 2.44. The first-order valence-corrected chi connectivity index (χ1v) is 5.02. The van der Waals surface area contributed by atoms with Crippen LogP contribution in [0.5, 0.6) is 0 Å². The van der Waals surface area contributed by atoms with Gasteiger partial charge in [0, 0.05) is 0 Å². The largest absolute Gasteiger partial charge is 0.207 e. The fourth-order valence-electron chi connectivity index (χ4n) is 1.67. The van der Waals surface area contributed by atoms with E-state index in [2.05, 4.69) is 6.07 Å². The van der Waals surface area contributed by atoms with Gasteiger partial charge in [0.05, 0.1) is 12.5 Å². The Labute approximate surface area is 93.8 Å². The van der Waals surface area contributed by atoms with E-state index in [9.17, 15) is 4.39 Å². The van der Waals surface area contributed by atoms with Crippen LogP contribution in [0.15, 0.2) is 48.5 Å². The molecule has 0 radical (unpaired) electrons. The number of nitrogens with zero attached hydrogens (tertiary/aromatic N) is 1. The molecule has 16 heavy (non-hydrogen) atoms. The Balaban J connectivity index is 2.47. The Hall–Kier alpha value is -2.14. The first kappa shape index (κ1) is 10.4. The summed E-state index contributed by atoms with van der Waals surface area (Å²) in [4.78, 5) is 0. The Kier molecular flexibility index (Phi) is 2.98. The van der Waals surface area contributed by atoms with Gasteiger partial charge in [-0.3, -0.25) is 0 Å². The summed E-state index contributed by atoms with van der Waals surface area (Å²) in [5.41, 5.74) is 2.90. The molecule has 0 aliphatic heterocycles. The van der Waals surface area contributed by atoms with Crippen LogP contribution in [0.25, 0.3) is 11.1 Å². The van der Waals surface area contributed by atoms with Crippen molar-refractivity contribution in [1.82, 2.24) is 0 Å². The molecule has 2 aromatic carbocycles. The van der Waals surface area contributed by atoms with Crippen molar-refractivity contribution in [2.45, 2.75) is 6.42 Å². The molecule has 0 bridgehead atoms. The van der Waals surface area contributed by atoms with Gasteiger partial charge in [0.1, 0.15) is 5.82 Å². The number of nitriles is 1. The molecule has 0 fully saturated rings. The third kappa shape index (κ3) is 2.09. The minimum absolute atomic E-state index is 0.249. The Morgan fingerprint density at radius 1 is 1.00 bits per heavy atom. The lowest BCUT2D eigenvalue weighted by Crippen LogP contribution is -1.88. The van der Waals surface area contributed by atoms with Crippen LogP contribution in [0.3, 0.4) is 0 Å². The van der Waals surface area contributed by atoms with Crippen LogP contribution in [-0.4, -0.2) is 0 Å². The molecule has 0 aliphatic carbocycles. The van der Waals surface area contributed by atoms with Gasteiger partial charge in [0.2, 0.25) is 0 Å². The lowest BCUT2D eigenvalue weighted by atomic mass is 9.98. The van der Waals surface area contributed by atoms with Gasteiger partial charge in [0.25, 0.3) is 0 Å². The number of rotatable bonds is 2. The highest BCUT2D eigenvalue weighted by atomic mass is 19.1. The first-order chi connectivity index (χ1) is 7.81. The van der Waals surface area contributed by atoms with E-state index in [0.717, 1.165) is 16.7 Å². The zero-order chi connectivity index (χ0) is 11.4. The maximum Gasteiger partial charge on any atom is 0.123 e. The van der Waals surface area contributed by atoms with E-state index in [4.69, 9.17) is 5.26 Å². The average Bonchev–Trinajstić information content (AvgIpc) is 2.32. The summed E-state index contributed by atoms with van der Waals surface area (Å²) in [6, 6.07) is 16.1. The van der Waals surface area contributed by atoms with Gasteiger partial charge in [0.15, 0.2) is 0 Å². The van der Waals surface area contributed by atoms with Crippen LogP contribution < -0.4 is 0 Å². The highest BCUT2D eigenvalue weighted by molar-refractivity contribution is 5.67. The van der Waals surface area contributed by atoms with Crippen LogP contribution >= 0.6 is 0 Å². The van der Waals surface area contributed by atoms with E-state index in [1.807, 2.05) is 24.3 Å². The van der Waals surface area contributed by atoms with Gasteiger partial charge in [-0.2, -0.15) is 5.26 Å². The fraction of sp³-hybridized carbons (Fsp3) is 0.0714. The molecule has 0 saturated heterocycles. The van der Waals surface area contributed by atoms with E-state index >= 15 is 0 Å². The number of hydrogen-bond donors (Lipinski definition) is 0. The van der Waals surface area contributed by atoms with Crippen LogP contribution in [0, 0.1) is 17.1 Å². The predicted octanol–water partition coefficient (Wildman–Crippen LogP) is 3.56. The Morgan fingerprint density at radius 3 is 2.38 bits per heavy atom. The van der Waals surface area contributed by atoms with Crippen molar-refractivity contribution in [1.29, 1.82) is 5.26 Å². The van der Waals surface area contributed by atoms with Crippen molar-refractivity contribution >= 4 is 0 Å². The molecule has 0 aromatic heterocycles. The van der Waals surface area contributed by atoms with Crippen LogP contribution in [0.4, 0.5) is 4.39 Å². The van der Waals surface area contributed by atoms with Crippen LogP contribution in [-0.2, 0) is 6.42 Å². The average molecular weight is 211 g/mol. The minimum atomic E-state index is -0.249. The molecule has 1 nitrogen and oxygen atoms in total. The summed E-state index contributed by atoms with van der Waals surface area (Å²) in [5.74, 6) is -0.249. The van der Waals surface area contributed by atoms with E-state index in [0.29, 0.717) is 6.42 Å². The van der Waals surface area contributed by atoms with E-state index < -0.39 is 0 Å². The Bertz CT molecular complexity index is 523. The van der Waals surface area contributed by atoms with Crippen molar-refractivity contribution < 1.29 is 4.39 Å². The molecule has 2 aromatic rings. The Morgan fingerprint density at radius 2 is 1.69 bits per heavy atom. The summed E-state index contributed by atoms with van der Waals surface area (Å²) in [7, 11) is 0. The highest BCUT2D eigenvalue weighted by Gasteiger charge is 2.03. The molecule has 0 N–H and O–H groups in total. The van der Waals surface area contributed by atoms with Gasteiger partial charge in [-0.25, -0.2) is 4.39 Å². The van der Waals surface area contributed by atoms with Gasteiger partial charge in [-0.05, 0) is 28.8 Å². The van der Waals surface area contributed by atoms with Crippen molar-refractivity contribution in [2.75, 3.05) is 0 Å². The maximum atomic E-state index is 12.8. The fourth-order valence-corrected chi connectivity index (χ4v) is 1.67. The van der Waals surface area contributed by atoms with Crippen molar-refractivity contribution in [3.05, 3.63) is 59.9 Å². The predicted molar refractivity (Wildman–Crippen MR) is 61.2 cm³/mol. The second kappa shape index (κ2) is 4.59. The van der Waals surface area contributed by atoms with Gasteiger partial charge in [-0.1, -0.05) is 36.4 Å². The zero-order valence-corrected chi connectivity index (χ0v) is 8.65. The molecule has 78 valence electrons. The van der Waals surface area contributed by atoms with E-state index in [-0.39, 0.29) is 5.82 Å². The maximum absolute atomic E-state index is 12.8. The molecular formula is C14H10FN. The van der Waals surface area contributed by atoms with Crippen LogP contribution in [0.1, 0.15) is 5.56 Å². The van der Waals surface area contributed by atoms with Gasteiger partial charge < -0.3 is 0 Å². The van der Waals surface area contributed by atoms with E-state index in [1.165, 1.54) is 12.1 Å². The molecule has 0 heterocycles. The number of halogens is 1. The summed E-state index contributed by atoms with van der Waals surface area (Å²) in [6.45, 7) is 0. The zero-order valence-electron chi connectivity index (χ0n) is 8.65. The second-order valence-electron chi connectivity index (χ2n) is 3.50. The lowest BCUT2D eigenvalue weighted by Gasteiger charge is -2.06. The minimum Gasteiger partial charge on any atom is -0.207 e. The van der Waals surface area contributed by atoms with Crippen LogP contribution in [0.2, 0.25) is 0 Å². The second-order valence-corrected chi connectivity index (χ2v) is 3.50. The SMILES string of the molecule is N#CCc1ccccc1-c1ccc(F)cc1. The number of hydrogen-bond acceptors (Lipinski definition) is 1. The standard InChI is InChI=1S/C14H10FN/c15-13-7-5-12(6-8-13)14-4-2-1-3-11(14)9-10-16/h1-8H,9H2. The quantitative estimate of drug-likeness (QED) is 0.745. The molecule has 0 aliphatic rings.